The van der Waals surface area contributed by atoms with Crippen molar-refractivity contribution in [1.29, 1.82) is 0 Å². The first-order valence-electron chi connectivity index (χ1n) is 5.67. The van der Waals surface area contributed by atoms with E-state index < -0.39 is 11.7 Å². The van der Waals surface area contributed by atoms with Crippen LogP contribution in [0.25, 0.3) is 0 Å². The lowest BCUT2D eigenvalue weighted by atomic mass is 9.85. The Hall–Kier alpha value is -1.03. The van der Waals surface area contributed by atoms with Crippen molar-refractivity contribution in [1.82, 2.24) is 0 Å². The van der Waals surface area contributed by atoms with E-state index in [0.717, 1.165) is 6.07 Å². The first-order valence-corrected chi connectivity index (χ1v) is 5.67. The van der Waals surface area contributed by atoms with Crippen LogP contribution in [0.15, 0.2) is 24.3 Å². The Morgan fingerprint density at radius 1 is 1.06 bits per heavy atom. The smallest absolute Gasteiger partial charge is 0.327 e. The standard InChI is InChI=1S/C13H18F3N/c1-8(2)12(17)9(3)10-6-4-5-7-11(10)13(14,15)16/h4-9,12H,17H2,1-3H3. The third-order valence-electron chi connectivity index (χ3n) is 3.10. The van der Waals surface area contributed by atoms with Crippen molar-refractivity contribution < 1.29 is 13.2 Å². The number of hydrogen-bond donors (Lipinski definition) is 1. The second-order valence-electron chi connectivity index (χ2n) is 4.70. The highest BCUT2D eigenvalue weighted by Crippen LogP contribution is 2.36. The van der Waals surface area contributed by atoms with Gasteiger partial charge in [-0.15, -0.1) is 0 Å². The molecule has 2 atom stereocenters. The van der Waals surface area contributed by atoms with Crippen molar-refractivity contribution in [3.8, 4) is 0 Å². The topological polar surface area (TPSA) is 26.0 Å². The molecule has 0 aliphatic rings. The monoisotopic (exact) mass is 245 g/mol. The van der Waals surface area contributed by atoms with Crippen molar-refractivity contribution in [2.24, 2.45) is 11.7 Å². The molecule has 0 heterocycles. The molecule has 1 rings (SSSR count). The lowest BCUT2D eigenvalue weighted by Crippen LogP contribution is -2.33. The first-order chi connectivity index (χ1) is 7.75. The molecule has 0 saturated heterocycles. The fourth-order valence-corrected chi connectivity index (χ4v) is 1.94. The normalized spacial score (nSPS) is 16.0. The van der Waals surface area contributed by atoms with E-state index in [1.54, 1.807) is 13.0 Å². The third kappa shape index (κ3) is 3.22. The summed E-state index contributed by atoms with van der Waals surface area (Å²) >= 11 is 0. The fourth-order valence-electron chi connectivity index (χ4n) is 1.94. The summed E-state index contributed by atoms with van der Waals surface area (Å²) in [6.45, 7) is 5.57. The average Bonchev–Trinajstić information content (AvgIpc) is 2.25. The number of alkyl halides is 3. The van der Waals surface area contributed by atoms with Crippen molar-refractivity contribution in [2.75, 3.05) is 0 Å². The molecule has 4 heteroatoms. The summed E-state index contributed by atoms with van der Waals surface area (Å²) in [5.74, 6) is -0.167. The van der Waals surface area contributed by atoms with E-state index in [-0.39, 0.29) is 23.4 Å². The Kier molecular flexibility index (Phi) is 4.20. The van der Waals surface area contributed by atoms with Crippen LogP contribution < -0.4 is 5.73 Å². The largest absolute Gasteiger partial charge is 0.416 e. The molecule has 0 aliphatic heterocycles. The van der Waals surface area contributed by atoms with Crippen LogP contribution in [-0.2, 0) is 6.18 Å². The summed E-state index contributed by atoms with van der Waals surface area (Å²) in [6.07, 6.45) is -4.32. The van der Waals surface area contributed by atoms with Gasteiger partial charge in [0.15, 0.2) is 0 Å². The Balaban J connectivity index is 3.14. The van der Waals surface area contributed by atoms with Crippen molar-refractivity contribution in [3.63, 3.8) is 0 Å². The quantitative estimate of drug-likeness (QED) is 0.861. The van der Waals surface area contributed by atoms with Crippen LogP contribution >= 0.6 is 0 Å². The molecule has 17 heavy (non-hydrogen) atoms. The number of hydrogen-bond acceptors (Lipinski definition) is 1. The predicted molar refractivity (Wildman–Crippen MR) is 62.7 cm³/mol. The van der Waals surface area contributed by atoms with Crippen LogP contribution in [0.5, 0.6) is 0 Å². The molecule has 0 aromatic heterocycles. The maximum atomic E-state index is 12.8. The average molecular weight is 245 g/mol. The van der Waals surface area contributed by atoms with Crippen LogP contribution in [0.1, 0.15) is 37.8 Å². The van der Waals surface area contributed by atoms with Crippen LogP contribution in [0.4, 0.5) is 13.2 Å². The van der Waals surface area contributed by atoms with Crippen molar-refractivity contribution in [3.05, 3.63) is 35.4 Å². The van der Waals surface area contributed by atoms with Gasteiger partial charge < -0.3 is 5.73 Å². The van der Waals surface area contributed by atoms with Gasteiger partial charge in [0, 0.05) is 6.04 Å². The Bertz CT molecular complexity index is 371. The van der Waals surface area contributed by atoms with E-state index in [1.165, 1.54) is 12.1 Å². The Morgan fingerprint density at radius 3 is 2.06 bits per heavy atom. The number of nitrogens with two attached hydrogens (primary N) is 1. The van der Waals surface area contributed by atoms with Gasteiger partial charge in [-0.25, -0.2) is 0 Å². The molecule has 0 amide bonds. The summed E-state index contributed by atoms with van der Waals surface area (Å²) in [7, 11) is 0. The second kappa shape index (κ2) is 5.08. The van der Waals surface area contributed by atoms with Crippen LogP contribution in [-0.4, -0.2) is 6.04 Å². The molecule has 0 saturated carbocycles. The molecule has 0 fully saturated rings. The van der Waals surface area contributed by atoms with E-state index in [1.807, 2.05) is 13.8 Å². The minimum Gasteiger partial charge on any atom is -0.327 e. The predicted octanol–water partition coefficient (Wildman–Crippen LogP) is 3.79. The molecule has 96 valence electrons. The molecule has 0 spiro atoms. The minimum atomic E-state index is -4.32. The summed E-state index contributed by atoms with van der Waals surface area (Å²) in [4.78, 5) is 0. The maximum Gasteiger partial charge on any atom is 0.416 e. The summed E-state index contributed by atoms with van der Waals surface area (Å²) in [5.41, 5.74) is 5.64. The van der Waals surface area contributed by atoms with Crippen LogP contribution in [0.2, 0.25) is 0 Å². The van der Waals surface area contributed by atoms with E-state index in [9.17, 15) is 13.2 Å². The molecule has 1 aromatic carbocycles. The molecular formula is C13H18F3N. The number of rotatable bonds is 3. The molecule has 0 radical (unpaired) electrons. The number of benzene rings is 1. The Labute approximate surface area is 99.8 Å². The zero-order chi connectivity index (χ0) is 13.2. The van der Waals surface area contributed by atoms with Gasteiger partial charge in [-0.3, -0.25) is 0 Å². The van der Waals surface area contributed by atoms with E-state index in [4.69, 9.17) is 5.73 Å². The zero-order valence-electron chi connectivity index (χ0n) is 10.3. The van der Waals surface area contributed by atoms with Crippen LogP contribution in [0.3, 0.4) is 0 Å². The highest BCUT2D eigenvalue weighted by atomic mass is 19.4. The lowest BCUT2D eigenvalue weighted by Gasteiger charge is -2.26. The van der Waals surface area contributed by atoms with Gasteiger partial charge in [-0.1, -0.05) is 39.0 Å². The zero-order valence-corrected chi connectivity index (χ0v) is 10.3. The van der Waals surface area contributed by atoms with Gasteiger partial charge in [-0.05, 0) is 23.5 Å². The number of halogens is 3. The third-order valence-corrected chi connectivity index (χ3v) is 3.10. The van der Waals surface area contributed by atoms with Gasteiger partial charge in [-0.2, -0.15) is 13.2 Å². The molecule has 0 bridgehead atoms. The summed E-state index contributed by atoms with van der Waals surface area (Å²) in [6, 6.07) is 5.36. The highest BCUT2D eigenvalue weighted by molar-refractivity contribution is 5.33. The SMILES string of the molecule is CC(C)C(N)C(C)c1ccccc1C(F)(F)F. The Morgan fingerprint density at radius 2 is 1.59 bits per heavy atom. The first kappa shape index (κ1) is 14.0. The van der Waals surface area contributed by atoms with Crippen LogP contribution in [0, 0.1) is 5.92 Å². The summed E-state index contributed by atoms with van der Waals surface area (Å²) in [5, 5.41) is 0. The summed E-state index contributed by atoms with van der Waals surface area (Å²) < 4.78 is 38.5. The van der Waals surface area contributed by atoms with Crippen molar-refractivity contribution >= 4 is 0 Å². The van der Waals surface area contributed by atoms with E-state index in [0.29, 0.717) is 0 Å². The molecule has 2 N–H and O–H groups in total. The molecule has 1 aromatic rings. The minimum absolute atomic E-state index is 0.145. The molecule has 0 aliphatic carbocycles. The molecule has 2 unspecified atom stereocenters. The van der Waals surface area contributed by atoms with Gasteiger partial charge >= 0.3 is 6.18 Å². The van der Waals surface area contributed by atoms with E-state index >= 15 is 0 Å². The fraction of sp³-hybridized carbons (Fsp3) is 0.538. The van der Waals surface area contributed by atoms with Gasteiger partial charge in [0.25, 0.3) is 0 Å². The van der Waals surface area contributed by atoms with Gasteiger partial charge in [0.05, 0.1) is 5.56 Å². The maximum absolute atomic E-state index is 12.8. The lowest BCUT2D eigenvalue weighted by molar-refractivity contribution is -0.138. The second-order valence-corrected chi connectivity index (χ2v) is 4.70. The highest BCUT2D eigenvalue weighted by Gasteiger charge is 2.35. The van der Waals surface area contributed by atoms with Crippen molar-refractivity contribution in [2.45, 2.75) is 38.9 Å². The van der Waals surface area contributed by atoms with Gasteiger partial charge in [0.2, 0.25) is 0 Å². The molecular weight excluding hydrogens is 227 g/mol. The molecule has 1 nitrogen and oxygen atoms in total. The van der Waals surface area contributed by atoms with Gasteiger partial charge in [0.1, 0.15) is 0 Å². The van der Waals surface area contributed by atoms with E-state index in [2.05, 4.69) is 0 Å².